The molecule has 0 aliphatic heterocycles. The molecule has 0 spiro atoms. The minimum absolute atomic E-state index is 0.449. The molecule has 3 nitrogen and oxygen atoms in total. The van der Waals surface area contributed by atoms with Crippen molar-refractivity contribution in [1.82, 2.24) is 0 Å². The van der Waals surface area contributed by atoms with Gasteiger partial charge in [-0.3, -0.25) is 0 Å². The van der Waals surface area contributed by atoms with E-state index in [0.717, 1.165) is 16.7 Å². The monoisotopic (exact) mass is 256 g/mol. The molecule has 0 aromatic heterocycles. The summed E-state index contributed by atoms with van der Waals surface area (Å²) in [5.41, 5.74) is 2.95. The van der Waals surface area contributed by atoms with E-state index in [0.29, 0.717) is 0 Å². The van der Waals surface area contributed by atoms with Gasteiger partial charge in [0.2, 0.25) is 0 Å². The van der Waals surface area contributed by atoms with Crippen LogP contribution in [0.15, 0.2) is 54.6 Å². The van der Waals surface area contributed by atoms with Crippen LogP contribution in [-0.4, -0.2) is 13.3 Å². The number of carbonyl (C=O) groups excluding carboxylic acids is 1. The lowest BCUT2D eigenvalue weighted by atomic mass is 9.97. The minimum Gasteiger partial charge on any atom is -0.438 e. The molecule has 0 amide bonds. The normalized spacial score (nSPS) is 11.7. The number of hydrogen-bond donors (Lipinski definition) is 0. The number of rotatable bonds is 3. The van der Waals surface area contributed by atoms with Crippen LogP contribution >= 0.6 is 0 Å². The smallest absolute Gasteiger partial charge is 0.438 e. The Morgan fingerprint density at radius 3 is 2.26 bits per heavy atom. The lowest BCUT2D eigenvalue weighted by molar-refractivity contribution is 0.0496. The number of carbonyl (C=O) groups is 1. The molecule has 19 heavy (non-hydrogen) atoms. The van der Waals surface area contributed by atoms with Crippen molar-refractivity contribution in [3.05, 3.63) is 71.3 Å². The van der Waals surface area contributed by atoms with E-state index in [9.17, 15) is 4.79 Å². The first-order valence-corrected chi connectivity index (χ1v) is 6.07. The van der Waals surface area contributed by atoms with E-state index in [1.54, 1.807) is 0 Å². The van der Waals surface area contributed by atoms with Crippen molar-refractivity contribution in [3.63, 3.8) is 0 Å². The molecular weight excluding hydrogens is 240 g/mol. The lowest BCUT2D eigenvalue weighted by Crippen LogP contribution is -2.13. The van der Waals surface area contributed by atoms with Gasteiger partial charge in [-0.15, -0.1) is 0 Å². The van der Waals surface area contributed by atoms with Crippen molar-refractivity contribution in [2.45, 2.75) is 13.0 Å². The van der Waals surface area contributed by atoms with Crippen LogP contribution in [0.5, 0.6) is 0 Å². The molecule has 1 unspecified atom stereocenters. The summed E-state index contributed by atoms with van der Waals surface area (Å²) in [5.74, 6) is 0. The van der Waals surface area contributed by atoms with Crippen LogP contribution < -0.4 is 0 Å². The zero-order valence-electron chi connectivity index (χ0n) is 11.0. The lowest BCUT2D eigenvalue weighted by Gasteiger charge is -2.19. The van der Waals surface area contributed by atoms with E-state index in [4.69, 9.17) is 4.74 Å². The van der Waals surface area contributed by atoms with Gasteiger partial charge < -0.3 is 9.47 Å². The van der Waals surface area contributed by atoms with Crippen molar-refractivity contribution in [2.24, 2.45) is 0 Å². The largest absolute Gasteiger partial charge is 0.508 e. The average Bonchev–Trinajstić information content (AvgIpc) is 2.46. The van der Waals surface area contributed by atoms with Crippen LogP contribution in [0.1, 0.15) is 22.8 Å². The number of hydrogen-bond acceptors (Lipinski definition) is 3. The summed E-state index contributed by atoms with van der Waals surface area (Å²) < 4.78 is 9.99. The summed E-state index contributed by atoms with van der Waals surface area (Å²) in [6, 6.07) is 17.5. The molecule has 0 saturated heterocycles. The maximum absolute atomic E-state index is 11.4. The van der Waals surface area contributed by atoms with Crippen LogP contribution in [0.4, 0.5) is 4.79 Å². The molecule has 0 heterocycles. The number of ether oxygens (including phenoxy) is 2. The Hall–Kier alpha value is -2.29. The van der Waals surface area contributed by atoms with E-state index in [1.165, 1.54) is 7.11 Å². The molecule has 2 rings (SSSR count). The van der Waals surface area contributed by atoms with Gasteiger partial charge in [-0.1, -0.05) is 54.6 Å². The molecule has 1 atom stereocenters. The molecule has 98 valence electrons. The number of aryl methyl sites for hydroxylation is 1. The van der Waals surface area contributed by atoms with Gasteiger partial charge in [-0.2, -0.15) is 0 Å². The standard InChI is InChI=1S/C16H16O3/c1-12-8-6-7-11-14(12)15(19-16(17)18-2)13-9-4-3-5-10-13/h3-11,15H,1-2H3. The topological polar surface area (TPSA) is 35.5 Å². The van der Waals surface area contributed by atoms with E-state index in [1.807, 2.05) is 61.5 Å². The SMILES string of the molecule is COC(=O)OC(c1ccccc1)c1ccccc1C. The highest BCUT2D eigenvalue weighted by atomic mass is 16.7. The minimum atomic E-state index is -0.683. The maximum atomic E-state index is 11.4. The molecule has 0 saturated carbocycles. The molecule has 0 aliphatic rings. The van der Waals surface area contributed by atoms with Crippen molar-refractivity contribution in [3.8, 4) is 0 Å². The summed E-state index contributed by atoms with van der Waals surface area (Å²) in [6.07, 6.45) is -1.13. The Kier molecular flexibility index (Phi) is 4.18. The van der Waals surface area contributed by atoms with Crippen LogP contribution in [0.25, 0.3) is 0 Å². The molecule has 2 aromatic rings. The number of methoxy groups -OCH3 is 1. The molecule has 0 N–H and O–H groups in total. The Morgan fingerprint density at radius 1 is 1.00 bits per heavy atom. The van der Waals surface area contributed by atoms with Gasteiger partial charge in [0.15, 0.2) is 6.10 Å². The average molecular weight is 256 g/mol. The van der Waals surface area contributed by atoms with E-state index in [-0.39, 0.29) is 0 Å². The van der Waals surface area contributed by atoms with Crippen LogP contribution in [0.2, 0.25) is 0 Å². The molecule has 2 aromatic carbocycles. The third kappa shape index (κ3) is 3.13. The molecule has 0 aliphatic carbocycles. The highest BCUT2D eigenvalue weighted by molar-refractivity contribution is 5.61. The number of benzene rings is 2. The molecule has 0 bridgehead atoms. The van der Waals surface area contributed by atoms with Gasteiger partial charge in [-0.05, 0) is 18.1 Å². The fourth-order valence-corrected chi connectivity index (χ4v) is 1.96. The molecule has 0 fully saturated rings. The Labute approximate surface area is 112 Å². The van der Waals surface area contributed by atoms with Gasteiger partial charge in [0.1, 0.15) is 0 Å². The third-order valence-electron chi connectivity index (χ3n) is 2.95. The summed E-state index contributed by atoms with van der Waals surface area (Å²) >= 11 is 0. The Morgan fingerprint density at radius 2 is 1.63 bits per heavy atom. The second-order valence-electron chi connectivity index (χ2n) is 4.22. The van der Waals surface area contributed by atoms with Gasteiger partial charge in [0.05, 0.1) is 7.11 Å². The van der Waals surface area contributed by atoms with Crippen molar-refractivity contribution in [1.29, 1.82) is 0 Å². The first-order valence-electron chi connectivity index (χ1n) is 6.07. The fourth-order valence-electron chi connectivity index (χ4n) is 1.96. The third-order valence-corrected chi connectivity index (χ3v) is 2.95. The van der Waals surface area contributed by atoms with E-state index in [2.05, 4.69) is 4.74 Å². The van der Waals surface area contributed by atoms with Crippen molar-refractivity contribution in [2.75, 3.05) is 7.11 Å². The Balaban J connectivity index is 2.40. The maximum Gasteiger partial charge on any atom is 0.508 e. The highest BCUT2D eigenvalue weighted by Gasteiger charge is 2.20. The first-order chi connectivity index (χ1) is 9.22. The van der Waals surface area contributed by atoms with Gasteiger partial charge in [0.25, 0.3) is 0 Å². The molecule has 3 heteroatoms. The zero-order valence-corrected chi connectivity index (χ0v) is 11.0. The van der Waals surface area contributed by atoms with Crippen molar-refractivity contribution < 1.29 is 14.3 Å². The van der Waals surface area contributed by atoms with Crippen molar-refractivity contribution >= 4 is 6.16 Å². The predicted octanol–water partition coefficient (Wildman–Crippen LogP) is 3.87. The quantitative estimate of drug-likeness (QED) is 0.782. The second kappa shape index (κ2) is 6.05. The van der Waals surface area contributed by atoms with Crippen LogP contribution in [-0.2, 0) is 9.47 Å². The van der Waals surface area contributed by atoms with Crippen LogP contribution in [0, 0.1) is 6.92 Å². The molecule has 0 radical (unpaired) electrons. The Bertz CT molecular complexity index is 549. The summed E-state index contributed by atoms with van der Waals surface area (Å²) in [6.45, 7) is 1.99. The van der Waals surface area contributed by atoms with Crippen LogP contribution in [0.3, 0.4) is 0 Å². The summed E-state index contributed by atoms with van der Waals surface area (Å²) in [7, 11) is 1.31. The fraction of sp³-hybridized carbons (Fsp3) is 0.188. The van der Waals surface area contributed by atoms with E-state index >= 15 is 0 Å². The summed E-state index contributed by atoms with van der Waals surface area (Å²) in [4.78, 5) is 11.4. The van der Waals surface area contributed by atoms with Gasteiger partial charge in [0, 0.05) is 5.56 Å². The second-order valence-corrected chi connectivity index (χ2v) is 4.22. The highest BCUT2D eigenvalue weighted by Crippen LogP contribution is 2.28. The zero-order chi connectivity index (χ0) is 13.7. The first kappa shape index (κ1) is 13.1. The van der Waals surface area contributed by atoms with E-state index < -0.39 is 12.3 Å². The summed E-state index contributed by atoms with van der Waals surface area (Å²) in [5, 5.41) is 0. The van der Waals surface area contributed by atoms with Gasteiger partial charge >= 0.3 is 6.16 Å². The van der Waals surface area contributed by atoms with Gasteiger partial charge in [-0.25, -0.2) is 4.79 Å². The predicted molar refractivity (Wildman–Crippen MR) is 73.0 cm³/mol. The molecular formula is C16H16O3.